The summed E-state index contributed by atoms with van der Waals surface area (Å²) in [6.07, 6.45) is 5.19. The van der Waals surface area contributed by atoms with Crippen molar-refractivity contribution >= 4 is 43.8 Å². The zero-order valence-corrected chi connectivity index (χ0v) is 31.2. The number of hydrogen-bond acceptors (Lipinski definition) is 0. The van der Waals surface area contributed by atoms with Crippen LogP contribution in [0.25, 0.3) is 34.4 Å². The third-order valence-electron chi connectivity index (χ3n) is 9.59. The summed E-state index contributed by atoms with van der Waals surface area (Å²) in [6, 6.07) is 36.2. The minimum Gasteiger partial charge on any atom is -0.147 e. The van der Waals surface area contributed by atoms with Gasteiger partial charge in [-0.3, -0.25) is 0 Å². The molecule has 0 N–H and O–H groups in total. The van der Waals surface area contributed by atoms with Gasteiger partial charge in [0.15, 0.2) is 0 Å². The van der Waals surface area contributed by atoms with Crippen molar-refractivity contribution in [3.8, 4) is 22.3 Å². The molecule has 42 heavy (non-hydrogen) atoms. The van der Waals surface area contributed by atoms with Gasteiger partial charge in [0, 0.05) is 0 Å². The zero-order valence-electron chi connectivity index (χ0n) is 25.7. The molecule has 0 radical (unpaired) electrons. The fraction of sp³-hybridized carbons (Fsp3) is 0.263. The van der Waals surface area contributed by atoms with E-state index in [-0.39, 0.29) is 24.8 Å². The van der Waals surface area contributed by atoms with Crippen molar-refractivity contribution in [1.82, 2.24) is 0 Å². The molecule has 0 saturated heterocycles. The van der Waals surface area contributed by atoms with Crippen LogP contribution in [0.5, 0.6) is 0 Å². The normalized spacial score (nSPS) is 17.6. The van der Waals surface area contributed by atoms with Gasteiger partial charge in [-0.1, -0.05) is 0 Å². The SMILES string of the molecule is CC(C)C1=Cc2c(-c3ccccc3)cccc2[CH]1[Zr]([CH3])([CH3])(=[SiH2])[CH]1C(C(C)C)=Cc2c(-c3ccccc3)cccc21.Cl.Cl. The monoisotopic (exact) mass is 688 g/mol. The molecule has 4 aromatic carbocycles. The van der Waals surface area contributed by atoms with Gasteiger partial charge in [-0.25, -0.2) is 0 Å². The fourth-order valence-electron chi connectivity index (χ4n) is 7.87. The number of benzene rings is 4. The Balaban J connectivity index is 0.00000202. The van der Waals surface area contributed by atoms with Crippen LogP contribution in [-0.2, 0) is 17.4 Å². The van der Waals surface area contributed by atoms with E-state index in [9.17, 15) is 0 Å². The molecule has 2 atom stereocenters. The predicted octanol–water partition coefficient (Wildman–Crippen LogP) is 11.1. The van der Waals surface area contributed by atoms with Crippen molar-refractivity contribution in [2.24, 2.45) is 11.8 Å². The van der Waals surface area contributed by atoms with Crippen molar-refractivity contribution in [1.29, 1.82) is 0 Å². The van der Waals surface area contributed by atoms with Gasteiger partial charge in [0.1, 0.15) is 0 Å². The number of allylic oxidation sites excluding steroid dienone is 2. The van der Waals surface area contributed by atoms with E-state index in [1.165, 1.54) is 33.4 Å². The molecule has 0 amide bonds. The smallest absolute Gasteiger partial charge is 0.147 e. The van der Waals surface area contributed by atoms with E-state index in [1.807, 2.05) is 0 Å². The molecule has 218 valence electrons. The topological polar surface area (TPSA) is 0 Å². The summed E-state index contributed by atoms with van der Waals surface area (Å²) >= 11 is -3.66. The van der Waals surface area contributed by atoms with Gasteiger partial charge in [0.05, 0.1) is 0 Å². The summed E-state index contributed by atoms with van der Waals surface area (Å²) < 4.78 is 6.60. The van der Waals surface area contributed by atoms with Crippen molar-refractivity contribution < 1.29 is 17.4 Å². The maximum Gasteiger partial charge on any atom is -0.147 e. The van der Waals surface area contributed by atoms with Crippen LogP contribution in [0.4, 0.5) is 0 Å². The second kappa shape index (κ2) is 12.2. The maximum absolute atomic E-state index is 3.66. The molecule has 0 nitrogen and oxygen atoms in total. The van der Waals surface area contributed by atoms with E-state index in [1.54, 1.807) is 22.3 Å². The average molecular weight is 691 g/mol. The van der Waals surface area contributed by atoms with Crippen LogP contribution >= 0.6 is 24.8 Å². The average Bonchev–Trinajstić information content (AvgIpc) is 3.55. The van der Waals surface area contributed by atoms with E-state index in [4.69, 9.17) is 0 Å². The summed E-state index contributed by atoms with van der Waals surface area (Å²) in [4.78, 5) is 0. The third kappa shape index (κ3) is 5.43. The van der Waals surface area contributed by atoms with Crippen LogP contribution in [0, 0.1) is 11.8 Å². The Morgan fingerprint density at radius 3 is 1.21 bits per heavy atom. The van der Waals surface area contributed by atoms with E-state index < -0.39 is 17.4 Å². The number of halogens is 2. The molecule has 0 spiro atoms. The van der Waals surface area contributed by atoms with E-state index in [0.717, 1.165) is 0 Å². The van der Waals surface area contributed by atoms with Gasteiger partial charge in [-0.2, -0.15) is 0 Å². The van der Waals surface area contributed by atoms with Gasteiger partial charge in [0.2, 0.25) is 0 Å². The van der Waals surface area contributed by atoms with Crippen molar-refractivity contribution in [2.45, 2.75) is 44.2 Å². The van der Waals surface area contributed by atoms with Crippen molar-refractivity contribution in [2.75, 3.05) is 0 Å². The molecule has 0 aromatic heterocycles. The van der Waals surface area contributed by atoms with Crippen LogP contribution in [0.2, 0.25) is 9.26 Å². The van der Waals surface area contributed by atoms with Crippen LogP contribution in [-0.4, -0.2) is 6.88 Å². The Kier molecular flexibility index (Phi) is 9.57. The number of hydrogen-bond donors (Lipinski definition) is 0. The van der Waals surface area contributed by atoms with Crippen LogP contribution in [0.3, 0.4) is 0 Å². The minimum absolute atomic E-state index is 0. The van der Waals surface area contributed by atoms with Crippen molar-refractivity contribution in [3.05, 3.63) is 130 Å². The standard InChI is InChI=1S/2C18H17.2CH3.2ClH.H2Si.Zr/c2*1-13(2)16-11-15-9-6-10-17(18(15)12-16)14-7-4-3-5-8-14;;;;;;/h2*3-13H,1-2H3;2*1H3;2*1H;1H2;. The molecule has 4 heteroatoms. The minimum atomic E-state index is -3.66. The maximum atomic E-state index is 2.77. The second-order valence-electron chi connectivity index (χ2n) is 13.7. The Morgan fingerprint density at radius 1 is 0.524 bits per heavy atom. The second-order valence-corrected chi connectivity index (χ2v) is 44.2. The van der Waals surface area contributed by atoms with Crippen molar-refractivity contribution in [3.63, 3.8) is 0 Å². The van der Waals surface area contributed by atoms with Crippen LogP contribution in [0.1, 0.15) is 57.2 Å². The van der Waals surface area contributed by atoms with Crippen LogP contribution < -0.4 is 0 Å². The first kappa shape index (κ1) is 32.9. The molecular weight excluding hydrogens is 647 g/mol. The molecule has 6 rings (SSSR count). The van der Waals surface area contributed by atoms with Gasteiger partial charge >= 0.3 is 245 Å². The fourth-order valence-corrected chi connectivity index (χ4v) is 27.8. The molecule has 0 heterocycles. The predicted molar refractivity (Wildman–Crippen MR) is 190 cm³/mol. The third-order valence-corrected chi connectivity index (χ3v) is 26.9. The zero-order chi connectivity index (χ0) is 28.3. The molecule has 0 aliphatic heterocycles. The molecule has 2 aliphatic carbocycles. The molecule has 0 bridgehead atoms. The Bertz CT molecular complexity index is 1600. The van der Waals surface area contributed by atoms with Gasteiger partial charge < -0.3 is 0 Å². The Hall–Kier alpha value is -1.96. The molecular formula is C38H44Cl2SiZr. The van der Waals surface area contributed by atoms with Crippen LogP contribution in [0.15, 0.2) is 108 Å². The first-order valence-electron chi connectivity index (χ1n) is 14.9. The number of rotatable bonds is 6. The first-order valence-corrected chi connectivity index (χ1v) is 28.6. The number of fused-ring (bicyclic) bond motifs is 2. The summed E-state index contributed by atoms with van der Waals surface area (Å²) in [6.45, 7) is 12.1. The molecule has 4 aromatic rings. The summed E-state index contributed by atoms with van der Waals surface area (Å²) in [5.41, 5.74) is 14.8. The summed E-state index contributed by atoms with van der Waals surface area (Å²) in [5, 5.41) is 0. The van der Waals surface area contributed by atoms with Gasteiger partial charge in [-0.15, -0.1) is 24.8 Å². The Morgan fingerprint density at radius 2 is 0.881 bits per heavy atom. The Labute approximate surface area is 268 Å². The van der Waals surface area contributed by atoms with E-state index in [0.29, 0.717) is 19.1 Å². The molecule has 2 unspecified atom stereocenters. The molecule has 0 saturated carbocycles. The largest absolute Gasteiger partial charge is 0.147 e. The first-order chi connectivity index (χ1) is 19.1. The molecule has 2 aliphatic rings. The molecule has 0 fully saturated rings. The van der Waals surface area contributed by atoms with Gasteiger partial charge in [-0.05, 0) is 0 Å². The quantitative estimate of drug-likeness (QED) is 0.177. The van der Waals surface area contributed by atoms with E-state index >= 15 is 0 Å². The summed E-state index contributed by atoms with van der Waals surface area (Å²) in [7, 11) is 0. The van der Waals surface area contributed by atoms with E-state index in [2.05, 4.69) is 153 Å². The van der Waals surface area contributed by atoms with Gasteiger partial charge in [0.25, 0.3) is 0 Å². The summed E-state index contributed by atoms with van der Waals surface area (Å²) in [5.74, 6) is 1.03.